The molecule has 2 rings (SSSR count). The van der Waals surface area contributed by atoms with Crippen LogP contribution in [0.3, 0.4) is 0 Å². The van der Waals surface area contributed by atoms with Crippen molar-refractivity contribution in [3.05, 3.63) is 65.2 Å². The number of carbonyl (C=O) groups is 2. The molecule has 4 heteroatoms. The van der Waals surface area contributed by atoms with Crippen LogP contribution in [0.25, 0.3) is 0 Å². The van der Waals surface area contributed by atoms with Crippen molar-refractivity contribution in [2.45, 2.75) is 40.2 Å². The lowest BCUT2D eigenvalue weighted by Gasteiger charge is -2.25. The molecule has 0 aliphatic carbocycles. The number of aryl methyl sites for hydroxylation is 2. The third kappa shape index (κ3) is 5.18. The highest BCUT2D eigenvalue weighted by molar-refractivity contribution is 5.94. The van der Waals surface area contributed by atoms with Crippen molar-refractivity contribution in [3.8, 4) is 0 Å². The summed E-state index contributed by atoms with van der Waals surface area (Å²) in [5.41, 5.74) is 4.25. The normalized spacial score (nSPS) is 10.4. The van der Waals surface area contributed by atoms with E-state index in [0.717, 1.165) is 22.4 Å². The maximum atomic E-state index is 12.9. The zero-order chi connectivity index (χ0) is 18.2. The third-order valence-electron chi connectivity index (χ3n) is 4.28. The fourth-order valence-corrected chi connectivity index (χ4v) is 2.70. The molecule has 0 spiro atoms. The summed E-state index contributed by atoms with van der Waals surface area (Å²) >= 11 is 0. The van der Waals surface area contributed by atoms with E-state index < -0.39 is 0 Å². The van der Waals surface area contributed by atoms with E-state index in [9.17, 15) is 9.59 Å². The fraction of sp³-hybridized carbons (Fsp3) is 0.333. The Hall–Kier alpha value is -2.62. The van der Waals surface area contributed by atoms with Crippen LogP contribution in [0.15, 0.2) is 48.5 Å². The summed E-state index contributed by atoms with van der Waals surface area (Å²) in [5.74, 6) is -0.0249. The molecule has 0 heterocycles. The van der Waals surface area contributed by atoms with Crippen LogP contribution in [-0.2, 0) is 16.1 Å². The number of hydrogen-bond donors (Lipinski definition) is 1. The molecule has 0 aromatic heterocycles. The molecule has 25 heavy (non-hydrogen) atoms. The molecule has 2 aromatic rings. The van der Waals surface area contributed by atoms with E-state index in [1.54, 1.807) is 6.92 Å². The molecule has 0 aliphatic heterocycles. The van der Waals surface area contributed by atoms with Gasteiger partial charge in [0.15, 0.2) is 0 Å². The first kappa shape index (κ1) is 18.7. The number of amides is 2. The van der Waals surface area contributed by atoms with Gasteiger partial charge in [-0.25, -0.2) is 0 Å². The monoisotopic (exact) mass is 338 g/mol. The van der Waals surface area contributed by atoms with Crippen LogP contribution < -0.4 is 10.2 Å². The number of carbonyl (C=O) groups excluding carboxylic acids is 2. The van der Waals surface area contributed by atoms with Gasteiger partial charge in [0.25, 0.3) is 0 Å². The maximum Gasteiger partial charge on any atom is 0.229 e. The van der Waals surface area contributed by atoms with Gasteiger partial charge in [-0.15, -0.1) is 0 Å². The van der Waals surface area contributed by atoms with Crippen LogP contribution in [0.1, 0.15) is 36.5 Å². The van der Waals surface area contributed by atoms with Gasteiger partial charge in [0.2, 0.25) is 11.8 Å². The van der Waals surface area contributed by atoms with Crippen molar-refractivity contribution in [1.82, 2.24) is 5.32 Å². The van der Waals surface area contributed by atoms with Crippen molar-refractivity contribution < 1.29 is 9.59 Å². The van der Waals surface area contributed by atoms with Gasteiger partial charge in [-0.2, -0.15) is 0 Å². The van der Waals surface area contributed by atoms with Gasteiger partial charge >= 0.3 is 0 Å². The lowest BCUT2D eigenvalue weighted by atomic mass is 10.1. The average Bonchev–Trinajstić information content (AvgIpc) is 2.61. The fourth-order valence-electron chi connectivity index (χ4n) is 2.70. The number of para-hydroxylation sites is 1. The molecule has 0 fully saturated rings. The largest absolute Gasteiger partial charge is 0.356 e. The van der Waals surface area contributed by atoms with Crippen LogP contribution in [0, 0.1) is 13.8 Å². The maximum absolute atomic E-state index is 12.9. The Bertz CT molecular complexity index is 740. The highest BCUT2D eigenvalue weighted by Gasteiger charge is 2.18. The molecular weight excluding hydrogens is 312 g/mol. The SMILES string of the molecule is CCC(=O)NCCC(=O)N(Cc1ccccc1C)c1ccccc1C. The number of nitrogens with one attached hydrogen (secondary N) is 1. The Morgan fingerprint density at radius 2 is 1.60 bits per heavy atom. The summed E-state index contributed by atoms with van der Waals surface area (Å²) in [4.78, 5) is 26.1. The molecule has 0 saturated carbocycles. The predicted octanol–water partition coefficient (Wildman–Crippen LogP) is 3.75. The van der Waals surface area contributed by atoms with Crippen LogP contribution in [0.4, 0.5) is 5.69 Å². The summed E-state index contributed by atoms with van der Waals surface area (Å²) < 4.78 is 0. The van der Waals surface area contributed by atoms with E-state index in [1.165, 1.54) is 0 Å². The molecule has 132 valence electrons. The highest BCUT2D eigenvalue weighted by atomic mass is 16.2. The van der Waals surface area contributed by atoms with E-state index in [2.05, 4.69) is 18.3 Å². The molecule has 0 atom stereocenters. The summed E-state index contributed by atoms with van der Waals surface area (Å²) in [5, 5.41) is 2.77. The van der Waals surface area contributed by atoms with Gasteiger partial charge in [-0.1, -0.05) is 49.4 Å². The molecule has 0 aliphatic rings. The van der Waals surface area contributed by atoms with Crippen LogP contribution >= 0.6 is 0 Å². The van der Waals surface area contributed by atoms with Crippen molar-refractivity contribution in [2.24, 2.45) is 0 Å². The Kier molecular flexibility index (Phi) is 6.75. The predicted molar refractivity (Wildman–Crippen MR) is 101 cm³/mol. The van der Waals surface area contributed by atoms with Crippen molar-refractivity contribution >= 4 is 17.5 Å². The number of benzene rings is 2. The second-order valence-electron chi connectivity index (χ2n) is 6.15. The van der Waals surface area contributed by atoms with Crippen LogP contribution in [0.2, 0.25) is 0 Å². The standard InChI is InChI=1S/C21H26N2O2/c1-4-20(24)22-14-13-21(25)23(19-12-8-6-10-17(19)3)15-18-11-7-5-9-16(18)2/h5-12H,4,13-15H2,1-3H3,(H,22,24). The third-order valence-corrected chi connectivity index (χ3v) is 4.28. The number of nitrogens with zero attached hydrogens (tertiary/aromatic N) is 1. The lowest BCUT2D eigenvalue weighted by Crippen LogP contribution is -2.34. The van der Waals surface area contributed by atoms with Gasteiger partial charge in [0.1, 0.15) is 0 Å². The molecule has 0 bridgehead atoms. The van der Waals surface area contributed by atoms with Gasteiger partial charge in [-0.3, -0.25) is 9.59 Å². The minimum Gasteiger partial charge on any atom is -0.356 e. The van der Waals surface area contributed by atoms with Crippen LogP contribution in [0.5, 0.6) is 0 Å². The number of rotatable bonds is 7. The summed E-state index contributed by atoms with van der Waals surface area (Å²) in [6.45, 7) is 6.75. The zero-order valence-electron chi connectivity index (χ0n) is 15.2. The molecule has 2 amide bonds. The summed E-state index contributed by atoms with van der Waals surface area (Å²) in [7, 11) is 0. The minimum absolute atomic E-state index is 0.00829. The number of anilines is 1. The minimum atomic E-state index is -0.0332. The molecule has 4 nitrogen and oxygen atoms in total. The van der Waals surface area contributed by atoms with Crippen molar-refractivity contribution in [1.29, 1.82) is 0 Å². The molecule has 0 saturated heterocycles. The second kappa shape index (κ2) is 9.02. The van der Waals surface area contributed by atoms with Crippen LogP contribution in [-0.4, -0.2) is 18.4 Å². The molecule has 0 radical (unpaired) electrons. The summed E-state index contributed by atoms with van der Waals surface area (Å²) in [6.07, 6.45) is 0.713. The molecule has 2 aromatic carbocycles. The average molecular weight is 338 g/mol. The Labute approximate surface area is 149 Å². The number of hydrogen-bond acceptors (Lipinski definition) is 2. The lowest BCUT2D eigenvalue weighted by molar-refractivity contribution is -0.121. The van der Waals surface area contributed by atoms with E-state index in [-0.39, 0.29) is 18.2 Å². The Morgan fingerprint density at radius 3 is 2.24 bits per heavy atom. The van der Waals surface area contributed by atoms with Gasteiger partial charge in [0.05, 0.1) is 6.54 Å². The van der Waals surface area contributed by atoms with Crippen molar-refractivity contribution in [3.63, 3.8) is 0 Å². The smallest absolute Gasteiger partial charge is 0.229 e. The Morgan fingerprint density at radius 1 is 0.960 bits per heavy atom. The first-order chi connectivity index (χ1) is 12.0. The quantitative estimate of drug-likeness (QED) is 0.836. The van der Waals surface area contributed by atoms with Gasteiger partial charge in [-0.05, 0) is 36.6 Å². The first-order valence-electron chi connectivity index (χ1n) is 8.70. The Balaban J connectivity index is 2.20. The summed E-state index contributed by atoms with van der Waals surface area (Å²) in [6, 6.07) is 16.0. The van der Waals surface area contributed by atoms with E-state index in [0.29, 0.717) is 19.5 Å². The second-order valence-corrected chi connectivity index (χ2v) is 6.15. The zero-order valence-corrected chi connectivity index (χ0v) is 15.2. The molecular formula is C21H26N2O2. The van der Waals surface area contributed by atoms with Gasteiger partial charge in [0, 0.05) is 25.1 Å². The topological polar surface area (TPSA) is 49.4 Å². The van der Waals surface area contributed by atoms with E-state index >= 15 is 0 Å². The van der Waals surface area contributed by atoms with Gasteiger partial charge < -0.3 is 10.2 Å². The van der Waals surface area contributed by atoms with E-state index in [4.69, 9.17) is 0 Å². The highest BCUT2D eigenvalue weighted by Crippen LogP contribution is 2.23. The molecule has 1 N–H and O–H groups in total. The molecule has 0 unspecified atom stereocenters. The van der Waals surface area contributed by atoms with E-state index in [1.807, 2.05) is 54.3 Å². The first-order valence-corrected chi connectivity index (χ1v) is 8.70. The van der Waals surface area contributed by atoms with Crippen molar-refractivity contribution in [2.75, 3.05) is 11.4 Å².